The van der Waals surface area contributed by atoms with Crippen LogP contribution in [0.15, 0.2) is 38.9 Å². The molecule has 5 nitrogen and oxygen atoms in total. The zero-order valence-electron chi connectivity index (χ0n) is 15.9. The molecular weight excluding hydrogens is 410 g/mol. The maximum Gasteiger partial charge on any atom is 0.315 e. The van der Waals surface area contributed by atoms with Crippen molar-refractivity contribution in [1.29, 1.82) is 0 Å². The van der Waals surface area contributed by atoms with E-state index < -0.39 is 5.92 Å². The second-order valence-corrected chi connectivity index (χ2v) is 7.55. The molecule has 0 aromatic heterocycles. The van der Waals surface area contributed by atoms with Crippen molar-refractivity contribution in [3.05, 3.63) is 39.5 Å². The van der Waals surface area contributed by atoms with Gasteiger partial charge in [-0.2, -0.15) is 0 Å². The van der Waals surface area contributed by atoms with Gasteiger partial charge in [0.25, 0.3) is 0 Å². The summed E-state index contributed by atoms with van der Waals surface area (Å²) < 4.78 is 11.5. The van der Waals surface area contributed by atoms with E-state index in [1.165, 1.54) is 0 Å². The molecule has 2 atom stereocenters. The highest BCUT2D eigenvalue weighted by Gasteiger charge is 2.43. The number of rotatable bonds is 5. The van der Waals surface area contributed by atoms with Crippen molar-refractivity contribution in [3.8, 4) is 5.75 Å². The Balaban J connectivity index is 2.18. The first kappa shape index (κ1) is 19.8. The molecule has 0 saturated heterocycles. The van der Waals surface area contributed by atoms with Crippen LogP contribution in [-0.4, -0.2) is 31.2 Å². The molecule has 0 amide bonds. The van der Waals surface area contributed by atoms with Gasteiger partial charge in [-0.15, -0.1) is 0 Å². The Morgan fingerprint density at radius 3 is 2.70 bits per heavy atom. The second kappa shape index (κ2) is 8.38. The molecule has 0 N–H and O–H groups in total. The summed E-state index contributed by atoms with van der Waals surface area (Å²) >= 11 is 3.52. The first-order chi connectivity index (χ1) is 13.0. The van der Waals surface area contributed by atoms with Gasteiger partial charge in [0.1, 0.15) is 11.7 Å². The topological polar surface area (TPSA) is 65.0 Å². The lowest BCUT2D eigenvalue weighted by atomic mass is 9.71. The van der Waals surface area contributed by atoms with E-state index in [1.807, 2.05) is 25.1 Å². The largest absolute Gasteiger partial charge is 0.496 e. The number of carbonyl (C=O) groups is 2. The van der Waals surface area contributed by atoms with Gasteiger partial charge < -0.3 is 9.47 Å². The van der Waals surface area contributed by atoms with Crippen molar-refractivity contribution < 1.29 is 19.1 Å². The number of nitrogens with zero attached hydrogens (tertiary/aromatic N) is 1. The lowest BCUT2D eigenvalue weighted by Crippen LogP contribution is -2.38. The van der Waals surface area contributed by atoms with Crippen molar-refractivity contribution >= 4 is 33.4 Å². The Labute approximate surface area is 168 Å². The SMILES string of the molecule is CCOC(=O)C1C(CC)=NC2=C(C(=O)CCC2)[C@@H]1c1ccc(OC)c(Br)c1. The van der Waals surface area contributed by atoms with Crippen LogP contribution in [0.3, 0.4) is 0 Å². The van der Waals surface area contributed by atoms with Crippen LogP contribution in [0.4, 0.5) is 0 Å². The molecule has 0 bridgehead atoms. The highest BCUT2D eigenvalue weighted by atomic mass is 79.9. The van der Waals surface area contributed by atoms with E-state index in [9.17, 15) is 9.59 Å². The fourth-order valence-corrected chi connectivity index (χ4v) is 4.51. The van der Waals surface area contributed by atoms with E-state index in [4.69, 9.17) is 14.5 Å². The normalized spacial score (nSPS) is 22.2. The minimum absolute atomic E-state index is 0.0846. The minimum Gasteiger partial charge on any atom is -0.496 e. The fraction of sp³-hybridized carbons (Fsp3) is 0.476. The molecule has 144 valence electrons. The third-order valence-electron chi connectivity index (χ3n) is 5.15. The number of aliphatic imine (C=N–C) groups is 1. The summed E-state index contributed by atoms with van der Waals surface area (Å²) in [7, 11) is 1.61. The van der Waals surface area contributed by atoms with Gasteiger partial charge in [-0.05, 0) is 59.8 Å². The Morgan fingerprint density at radius 1 is 1.30 bits per heavy atom. The van der Waals surface area contributed by atoms with Gasteiger partial charge in [0.05, 0.1) is 18.2 Å². The number of halogens is 1. The van der Waals surface area contributed by atoms with Crippen LogP contribution in [0, 0.1) is 5.92 Å². The smallest absolute Gasteiger partial charge is 0.315 e. The highest BCUT2D eigenvalue weighted by molar-refractivity contribution is 9.10. The molecule has 0 fully saturated rings. The van der Waals surface area contributed by atoms with Crippen molar-refractivity contribution in [1.82, 2.24) is 0 Å². The van der Waals surface area contributed by atoms with Gasteiger partial charge in [-0.1, -0.05) is 13.0 Å². The van der Waals surface area contributed by atoms with Gasteiger partial charge in [-0.3, -0.25) is 14.6 Å². The Morgan fingerprint density at radius 2 is 2.07 bits per heavy atom. The molecule has 1 aliphatic heterocycles. The van der Waals surface area contributed by atoms with Gasteiger partial charge in [0.2, 0.25) is 0 Å². The number of Topliss-reactive ketones (excluding diaryl/α,β-unsaturated/α-hetero) is 1. The number of hydrogen-bond donors (Lipinski definition) is 0. The Kier molecular flexibility index (Phi) is 6.15. The van der Waals surface area contributed by atoms with Crippen LogP contribution in [-0.2, 0) is 14.3 Å². The number of benzene rings is 1. The Bertz CT molecular complexity index is 827. The monoisotopic (exact) mass is 433 g/mol. The number of ether oxygens (including phenoxy) is 2. The molecule has 1 aromatic carbocycles. The summed E-state index contributed by atoms with van der Waals surface area (Å²) in [4.78, 5) is 30.4. The number of hydrogen-bond acceptors (Lipinski definition) is 5. The summed E-state index contributed by atoms with van der Waals surface area (Å²) in [6.07, 6.45) is 2.72. The second-order valence-electron chi connectivity index (χ2n) is 6.70. The van der Waals surface area contributed by atoms with E-state index in [1.54, 1.807) is 14.0 Å². The van der Waals surface area contributed by atoms with Crippen LogP contribution in [0.5, 0.6) is 5.75 Å². The van der Waals surface area contributed by atoms with Crippen molar-refractivity contribution in [2.45, 2.75) is 45.4 Å². The molecule has 0 spiro atoms. The molecule has 0 saturated carbocycles. The summed E-state index contributed by atoms with van der Waals surface area (Å²) in [5, 5.41) is 0. The predicted octanol–water partition coefficient (Wildman–Crippen LogP) is 4.59. The molecular formula is C21H24BrNO4. The van der Waals surface area contributed by atoms with Gasteiger partial charge in [0, 0.05) is 29.3 Å². The van der Waals surface area contributed by atoms with E-state index >= 15 is 0 Å². The molecule has 1 aliphatic carbocycles. The average Bonchev–Trinajstić information content (AvgIpc) is 2.66. The van der Waals surface area contributed by atoms with Crippen LogP contribution in [0.25, 0.3) is 0 Å². The number of methoxy groups -OCH3 is 1. The van der Waals surface area contributed by atoms with Gasteiger partial charge >= 0.3 is 5.97 Å². The lowest BCUT2D eigenvalue weighted by molar-refractivity contribution is -0.146. The predicted molar refractivity (Wildman–Crippen MR) is 107 cm³/mol. The van der Waals surface area contributed by atoms with E-state index in [2.05, 4.69) is 15.9 Å². The third kappa shape index (κ3) is 3.72. The van der Waals surface area contributed by atoms with Crippen LogP contribution < -0.4 is 4.74 Å². The number of carbonyl (C=O) groups excluding carboxylic acids is 2. The van der Waals surface area contributed by atoms with Crippen LogP contribution >= 0.6 is 15.9 Å². The minimum atomic E-state index is -0.573. The first-order valence-corrected chi connectivity index (χ1v) is 10.1. The van der Waals surface area contributed by atoms with Gasteiger partial charge in [-0.25, -0.2) is 0 Å². The van der Waals surface area contributed by atoms with Crippen molar-refractivity contribution in [2.24, 2.45) is 10.9 Å². The number of esters is 1. The van der Waals surface area contributed by atoms with Crippen molar-refractivity contribution in [3.63, 3.8) is 0 Å². The average molecular weight is 434 g/mol. The first-order valence-electron chi connectivity index (χ1n) is 9.35. The third-order valence-corrected chi connectivity index (χ3v) is 5.77. The maximum absolute atomic E-state index is 12.9. The molecule has 1 aromatic rings. The van der Waals surface area contributed by atoms with E-state index in [0.29, 0.717) is 30.8 Å². The number of ketones is 1. The van der Waals surface area contributed by atoms with Crippen LogP contribution in [0.1, 0.15) is 51.0 Å². The molecule has 3 rings (SSSR count). The maximum atomic E-state index is 12.9. The van der Waals surface area contributed by atoms with Gasteiger partial charge in [0.15, 0.2) is 5.78 Å². The molecule has 1 unspecified atom stereocenters. The highest BCUT2D eigenvalue weighted by Crippen LogP contribution is 2.45. The van der Waals surface area contributed by atoms with E-state index in [-0.39, 0.29) is 17.7 Å². The van der Waals surface area contributed by atoms with E-state index in [0.717, 1.165) is 34.3 Å². The zero-order valence-corrected chi connectivity index (χ0v) is 17.5. The standard InChI is InChI=1S/C21H24BrNO4/c1-4-14-20(21(25)27-5-2)18(12-9-10-17(26-3)13(22)11-12)19-15(23-14)7-6-8-16(19)24/h9-11,18,20H,4-8H2,1-3H3/t18-,20?/m0/s1. The summed E-state index contributed by atoms with van der Waals surface area (Å²) in [5.41, 5.74) is 3.19. The molecule has 6 heteroatoms. The van der Waals surface area contributed by atoms with Crippen LogP contribution in [0.2, 0.25) is 0 Å². The lowest BCUT2D eigenvalue weighted by Gasteiger charge is -2.35. The quantitative estimate of drug-likeness (QED) is 0.636. The summed E-state index contributed by atoms with van der Waals surface area (Å²) in [5.74, 6) is -0.477. The summed E-state index contributed by atoms with van der Waals surface area (Å²) in [6.45, 7) is 4.08. The zero-order chi connectivity index (χ0) is 19.6. The summed E-state index contributed by atoms with van der Waals surface area (Å²) in [6, 6.07) is 5.71. The number of allylic oxidation sites excluding steroid dienone is 2. The molecule has 0 radical (unpaired) electrons. The molecule has 2 aliphatic rings. The van der Waals surface area contributed by atoms with Crippen molar-refractivity contribution in [2.75, 3.05) is 13.7 Å². The molecule has 27 heavy (non-hydrogen) atoms. The Hall–Kier alpha value is -1.95. The molecule has 1 heterocycles. The fourth-order valence-electron chi connectivity index (χ4n) is 3.96.